The summed E-state index contributed by atoms with van der Waals surface area (Å²) in [4.78, 5) is 4.77. The van der Waals surface area contributed by atoms with Gasteiger partial charge in [-0.15, -0.1) is 0 Å². The van der Waals surface area contributed by atoms with Gasteiger partial charge in [0.1, 0.15) is 17.3 Å². The topological polar surface area (TPSA) is 43.8 Å². The normalized spacial score (nSPS) is 11.2. The standard InChI is InChI=1S/C15H20BrN3/c1-4-9-19-14(17)13(18-15(19)10(2)3)11-7-5-6-8-12(11)16/h5-8,10H,4,9,17H2,1-3H3. The summed E-state index contributed by atoms with van der Waals surface area (Å²) in [7, 11) is 0. The van der Waals surface area contributed by atoms with Crippen molar-refractivity contribution >= 4 is 21.7 Å². The van der Waals surface area contributed by atoms with Crippen molar-refractivity contribution in [2.75, 3.05) is 5.73 Å². The first-order valence-electron chi connectivity index (χ1n) is 6.67. The molecule has 4 heteroatoms. The monoisotopic (exact) mass is 321 g/mol. The number of aromatic nitrogens is 2. The van der Waals surface area contributed by atoms with Gasteiger partial charge in [-0.2, -0.15) is 0 Å². The predicted molar refractivity (Wildman–Crippen MR) is 84.2 cm³/mol. The second-order valence-corrected chi connectivity index (χ2v) is 5.84. The van der Waals surface area contributed by atoms with Crippen molar-refractivity contribution < 1.29 is 0 Å². The smallest absolute Gasteiger partial charge is 0.131 e. The van der Waals surface area contributed by atoms with E-state index in [0.717, 1.165) is 40.3 Å². The second kappa shape index (κ2) is 5.78. The third-order valence-electron chi connectivity index (χ3n) is 3.13. The Labute approximate surface area is 123 Å². The molecule has 1 heterocycles. The van der Waals surface area contributed by atoms with Gasteiger partial charge in [0.15, 0.2) is 0 Å². The first-order chi connectivity index (χ1) is 9.06. The van der Waals surface area contributed by atoms with Crippen molar-refractivity contribution in [3.8, 4) is 11.3 Å². The van der Waals surface area contributed by atoms with Crippen LogP contribution in [0.4, 0.5) is 5.82 Å². The summed E-state index contributed by atoms with van der Waals surface area (Å²) in [5.74, 6) is 2.19. The molecule has 0 amide bonds. The van der Waals surface area contributed by atoms with Crippen molar-refractivity contribution in [3.63, 3.8) is 0 Å². The minimum atomic E-state index is 0.366. The lowest BCUT2D eigenvalue weighted by Crippen LogP contribution is -2.08. The fraction of sp³-hybridized carbons (Fsp3) is 0.400. The Morgan fingerprint density at radius 3 is 2.58 bits per heavy atom. The maximum atomic E-state index is 6.31. The van der Waals surface area contributed by atoms with Gasteiger partial charge in [-0.1, -0.05) is 54.9 Å². The quantitative estimate of drug-likeness (QED) is 0.905. The minimum Gasteiger partial charge on any atom is -0.383 e. The maximum absolute atomic E-state index is 6.31. The molecule has 0 spiro atoms. The maximum Gasteiger partial charge on any atom is 0.131 e. The van der Waals surface area contributed by atoms with E-state index >= 15 is 0 Å². The van der Waals surface area contributed by atoms with Crippen LogP contribution in [-0.4, -0.2) is 9.55 Å². The van der Waals surface area contributed by atoms with Crippen LogP contribution in [-0.2, 0) is 6.54 Å². The van der Waals surface area contributed by atoms with Crippen molar-refractivity contribution in [3.05, 3.63) is 34.6 Å². The van der Waals surface area contributed by atoms with Gasteiger partial charge in [0.2, 0.25) is 0 Å². The first-order valence-corrected chi connectivity index (χ1v) is 7.46. The molecule has 0 saturated carbocycles. The molecule has 1 aromatic heterocycles. The molecule has 0 aliphatic carbocycles. The Kier molecular flexibility index (Phi) is 4.30. The van der Waals surface area contributed by atoms with E-state index < -0.39 is 0 Å². The van der Waals surface area contributed by atoms with E-state index in [2.05, 4.69) is 41.3 Å². The number of anilines is 1. The Hall–Kier alpha value is -1.29. The zero-order valence-electron chi connectivity index (χ0n) is 11.7. The van der Waals surface area contributed by atoms with Crippen molar-refractivity contribution in [2.24, 2.45) is 0 Å². The van der Waals surface area contributed by atoms with Crippen molar-refractivity contribution in [1.82, 2.24) is 9.55 Å². The van der Waals surface area contributed by atoms with Gasteiger partial charge in [0, 0.05) is 22.5 Å². The van der Waals surface area contributed by atoms with Crippen LogP contribution in [0.15, 0.2) is 28.7 Å². The van der Waals surface area contributed by atoms with E-state index in [1.165, 1.54) is 0 Å². The third-order valence-corrected chi connectivity index (χ3v) is 3.82. The molecule has 0 radical (unpaired) electrons. The third kappa shape index (κ3) is 2.68. The van der Waals surface area contributed by atoms with Gasteiger partial charge < -0.3 is 10.3 Å². The number of imidazole rings is 1. The second-order valence-electron chi connectivity index (χ2n) is 4.99. The summed E-state index contributed by atoms with van der Waals surface area (Å²) in [5.41, 5.74) is 8.24. The molecule has 2 N–H and O–H groups in total. The number of rotatable bonds is 4. The van der Waals surface area contributed by atoms with E-state index in [1.54, 1.807) is 0 Å². The zero-order chi connectivity index (χ0) is 14.0. The highest BCUT2D eigenvalue weighted by molar-refractivity contribution is 9.10. The molecular weight excluding hydrogens is 302 g/mol. The molecule has 0 bridgehead atoms. The summed E-state index contributed by atoms with van der Waals surface area (Å²) in [6, 6.07) is 8.06. The Balaban J connectivity index is 2.59. The molecule has 0 fully saturated rings. The summed E-state index contributed by atoms with van der Waals surface area (Å²) < 4.78 is 3.16. The van der Waals surface area contributed by atoms with E-state index in [4.69, 9.17) is 10.7 Å². The van der Waals surface area contributed by atoms with Crippen molar-refractivity contribution in [2.45, 2.75) is 39.7 Å². The van der Waals surface area contributed by atoms with Crippen LogP contribution in [0.25, 0.3) is 11.3 Å². The molecule has 3 nitrogen and oxygen atoms in total. The molecule has 0 aliphatic rings. The highest BCUT2D eigenvalue weighted by Gasteiger charge is 2.18. The fourth-order valence-electron chi connectivity index (χ4n) is 2.23. The van der Waals surface area contributed by atoms with Crippen LogP contribution < -0.4 is 5.73 Å². The first kappa shape index (κ1) is 14.1. The number of benzene rings is 1. The van der Waals surface area contributed by atoms with Crippen LogP contribution in [0.2, 0.25) is 0 Å². The SMILES string of the molecule is CCCn1c(C(C)C)nc(-c2ccccc2Br)c1N. The number of nitrogens with zero attached hydrogens (tertiary/aromatic N) is 2. The molecular formula is C15H20BrN3. The molecule has 19 heavy (non-hydrogen) atoms. The van der Waals surface area contributed by atoms with E-state index in [9.17, 15) is 0 Å². The van der Waals surface area contributed by atoms with Crippen LogP contribution >= 0.6 is 15.9 Å². The van der Waals surface area contributed by atoms with Crippen LogP contribution in [0.3, 0.4) is 0 Å². The van der Waals surface area contributed by atoms with Gasteiger partial charge in [0.05, 0.1) is 0 Å². The largest absolute Gasteiger partial charge is 0.383 e. The highest BCUT2D eigenvalue weighted by atomic mass is 79.9. The summed E-state index contributed by atoms with van der Waals surface area (Å²) in [5, 5.41) is 0. The predicted octanol–water partition coefficient (Wildman–Crippen LogP) is 4.43. The molecule has 0 saturated heterocycles. The average molecular weight is 322 g/mol. The minimum absolute atomic E-state index is 0.366. The number of hydrogen-bond donors (Lipinski definition) is 1. The lowest BCUT2D eigenvalue weighted by Gasteiger charge is -2.10. The van der Waals surface area contributed by atoms with Crippen molar-refractivity contribution in [1.29, 1.82) is 0 Å². The molecule has 102 valence electrons. The Bertz CT molecular complexity index is 573. The summed E-state index contributed by atoms with van der Waals surface area (Å²) in [6.45, 7) is 7.37. The Morgan fingerprint density at radius 2 is 2.00 bits per heavy atom. The van der Waals surface area contributed by atoms with Crippen LogP contribution in [0.1, 0.15) is 38.9 Å². The number of nitrogen functional groups attached to an aromatic ring is 1. The van der Waals surface area contributed by atoms with Crippen LogP contribution in [0, 0.1) is 0 Å². The zero-order valence-corrected chi connectivity index (χ0v) is 13.2. The van der Waals surface area contributed by atoms with Gasteiger partial charge >= 0.3 is 0 Å². The average Bonchev–Trinajstić information content (AvgIpc) is 2.69. The number of halogens is 1. The lowest BCUT2D eigenvalue weighted by atomic mass is 10.1. The van der Waals surface area contributed by atoms with Gasteiger partial charge in [-0.05, 0) is 12.5 Å². The van der Waals surface area contributed by atoms with E-state index in [0.29, 0.717) is 5.92 Å². The number of hydrogen-bond acceptors (Lipinski definition) is 2. The van der Waals surface area contributed by atoms with Crippen LogP contribution in [0.5, 0.6) is 0 Å². The molecule has 0 atom stereocenters. The summed E-state index contributed by atoms with van der Waals surface area (Å²) >= 11 is 3.57. The molecule has 2 rings (SSSR count). The summed E-state index contributed by atoms with van der Waals surface area (Å²) in [6.07, 6.45) is 1.05. The van der Waals surface area contributed by atoms with E-state index in [1.807, 2.05) is 24.3 Å². The van der Waals surface area contributed by atoms with Gasteiger partial charge in [-0.25, -0.2) is 4.98 Å². The molecule has 2 aromatic rings. The highest BCUT2D eigenvalue weighted by Crippen LogP contribution is 2.33. The number of nitrogens with two attached hydrogens (primary N) is 1. The fourth-order valence-corrected chi connectivity index (χ4v) is 2.71. The Morgan fingerprint density at radius 1 is 1.32 bits per heavy atom. The lowest BCUT2D eigenvalue weighted by molar-refractivity contribution is 0.616. The van der Waals surface area contributed by atoms with E-state index in [-0.39, 0.29) is 0 Å². The molecule has 1 aromatic carbocycles. The molecule has 0 aliphatic heterocycles. The van der Waals surface area contributed by atoms with Gasteiger partial charge in [0.25, 0.3) is 0 Å². The van der Waals surface area contributed by atoms with Gasteiger partial charge in [-0.3, -0.25) is 0 Å². The molecule has 0 unspecified atom stereocenters.